The van der Waals surface area contributed by atoms with Crippen molar-refractivity contribution in [2.75, 3.05) is 40.3 Å². The van der Waals surface area contributed by atoms with E-state index in [1.807, 2.05) is 4.90 Å². The summed E-state index contributed by atoms with van der Waals surface area (Å²) in [6, 6.07) is 5.82. The number of likely N-dealkylation sites (N-methyl/N-ethyl adjacent to an activating group) is 1. The van der Waals surface area contributed by atoms with E-state index in [-0.39, 0.29) is 29.6 Å². The third kappa shape index (κ3) is 3.29. The van der Waals surface area contributed by atoms with Crippen molar-refractivity contribution in [2.45, 2.75) is 18.9 Å². The van der Waals surface area contributed by atoms with Crippen LogP contribution in [0.1, 0.15) is 24.4 Å². The van der Waals surface area contributed by atoms with Crippen LogP contribution in [0.15, 0.2) is 24.3 Å². The highest BCUT2D eigenvalue weighted by molar-refractivity contribution is 5.85. The van der Waals surface area contributed by atoms with Gasteiger partial charge in [-0.2, -0.15) is 0 Å². The zero-order valence-electron chi connectivity index (χ0n) is 14.2. The number of hydrogen-bond acceptors (Lipinski definition) is 3. The molecule has 0 saturated carbocycles. The van der Waals surface area contributed by atoms with Crippen molar-refractivity contribution < 1.29 is 14.0 Å². The Labute approximate surface area is 142 Å². The van der Waals surface area contributed by atoms with Crippen molar-refractivity contribution >= 4 is 11.8 Å². The van der Waals surface area contributed by atoms with Gasteiger partial charge in [0.15, 0.2) is 0 Å². The van der Waals surface area contributed by atoms with E-state index in [0.29, 0.717) is 12.8 Å². The maximum atomic E-state index is 13.3. The van der Waals surface area contributed by atoms with Crippen LogP contribution in [0.2, 0.25) is 0 Å². The first-order chi connectivity index (χ1) is 11.5. The van der Waals surface area contributed by atoms with E-state index in [0.717, 1.165) is 31.7 Å². The molecule has 2 saturated heterocycles. The molecule has 2 aliphatic rings. The number of carbonyl (C=O) groups excluding carboxylic acids is 2. The Kier molecular flexibility index (Phi) is 4.85. The Bertz CT molecular complexity index is 611. The molecule has 5 nitrogen and oxygen atoms in total. The smallest absolute Gasteiger partial charge is 0.228 e. The average Bonchev–Trinajstić information content (AvgIpc) is 2.58. The molecule has 24 heavy (non-hydrogen) atoms. The van der Waals surface area contributed by atoms with E-state index in [1.54, 1.807) is 24.1 Å². The summed E-state index contributed by atoms with van der Waals surface area (Å²) >= 11 is 0. The summed E-state index contributed by atoms with van der Waals surface area (Å²) in [4.78, 5) is 31.0. The van der Waals surface area contributed by atoms with Gasteiger partial charge in [0, 0.05) is 39.6 Å². The summed E-state index contributed by atoms with van der Waals surface area (Å²) in [5.41, 5.74) is 0.819. The summed E-state index contributed by atoms with van der Waals surface area (Å²) in [5, 5.41) is 0. The van der Waals surface area contributed by atoms with Gasteiger partial charge in [-0.05, 0) is 31.2 Å². The zero-order valence-corrected chi connectivity index (χ0v) is 14.2. The number of hydrogen-bond donors (Lipinski definition) is 0. The molecule has 0 aromatic heterocycles. The maximum Gasteiger partial charge on any atom is 0.228 e. The van der Waals surface area contributed by atoms with Crippen LogP contribution in [0.4, 0.5) is 4.39 Å². The SMILES string of the molecule is CN1CCN(C(=O)[C@@H]2CCC(=O)N(C)[C@@H]2c2ccc(F)cc2)CC1. The fourth-order valence-electron chi connectivity index (χ4n) is 3.67. The van der Waals surface area contributed by atoms with E-state index in [1.165, 1.54) is 12.1 Å². The lowest BCUT2D eigenvalue weighted by Gasteiger charge is -2.42. The molecule has 3 rings (SSSR count). The van der Waals surface area contributed by atoms with Gasteiger partial charge in [-0.25, -0.2) is 4.39 Å². The molecule has 2 heterocycles. The highest BCUT2D eigenvalue weighted by Gasteiger charge is 2.40. The van der Waals surface area contributed by atoms with Crippen LogP contribution in [-0.4, -0.2) is 66.8 Å². The quantitative estimate of drug-likeness (QED) is 0.824. The monoisotopic (exact) mass is 333 g/mol. The predicted molar refractivity (Wildman–Crippen MR) is 88.7 cm³/mol. The average molecular weight is 333 g/mol. The first-order valence-corrected chi connectivity index (χ1v) is 8.46. The molecule has 1 aromatic rings. The van der Waals surface area contributed by atoms with Crippen molar-refractivity contribution in [1.29, 1.82) is 0 Å². The lowest BCUT2D eigenvalue weighted by Crippen LogP contribution is -2.52. The Morgan fingerprint density at radius 1 is 1.08 bits per heavy atom. The number of amides is 2. The summed E-state index contributed by atoms with van der Waals surface area (Å²) < 4.78 is 13.3. The number of benzene rings is 1. The number of piperazine rings is 1. The summed E-state index contributed by atoms with van der Waals surface area (Å²) in [7, 11) is 3.79. The first-order valence-electron chi connectivity index (χ1n) is 8.46. The second kappa shape index (κ2) is 6.89. The van der Waals surface area contributed by atoms with E-state index < -0.39 is 0 Å². The molecular weight excluding hydrogens is 309 g/mol. The van der Waals surface area contributed by atoms with Gasteiger partial charge in [-0.3, -0.25) is 9.59 Å². The Balaban J connectivity index is 1.84. The highest BCUT2D eigenvalue weighted by Crippen LogP contribution is 2.37. The van der Waals surface area contributed by atoms with Gasteiger partial charge in [0.05, 0.1) is 12.0 Å². The number of piperidine rings is 1. The van der Waals surface area contributed by atoms with Crippen molar-refractivity contribution in [1.82, 2.24) is 14.7 Å². The van der Waals surface area contributed by atoms with Crippen molar-refractivity contribution in [3.8, 4) is 0 Å². The number of nitrogens with zero attached hydrogens (tertiary/aromatic N) is 3. The third-order valence-corrected chi connectivity index (χ3v) is 5.20. The van der Waals surface area contributed by atoms with Gasteiger partial charge in [-0.1, -0.05) is 12.1 Å². The fraction of sp³-hybridized carbons (Fsp3) is 0.556. The molecule has 2 atom stereocenters. The third-order valence-electron chi connectivity index (χ3n) is 5.20. The van der Waals surface area contributed by atoms with Gasteiger partial charge >= 0.3 is 0 Å². The van der Waals surface area contributed by atoms with Crippen LogP contribution >= 0.6 is 0 Å². The topological polar surface area (TPSA) is 43.9 Å². The molecule has 2 fully saturated rings. The largest absolute Gasteiger partial charge is 0.340 e. The van der Waals surface area contributed by atoms with Crippen LogP contribution < -0.4 is 0 Å². The molecule has 0 spiro atoms. The van der Waals surface area contributed by atoms with Crippen molar-refractivity contribution in [3.05, 3.63) is 35.6 Å². The molecule has 2 aliphatic heterocycles. The molecule has 1 aromatic carbocycles. The van der Waals surface area contributed by atoms with Gasteiger partial charge in [0.2, 0.25) is 11.8 Å². The van der Waals surface area contributed by atoms with Crippen LogP contribution in [0.3, 0.4) is 0 Å². The molecule has 130 valence electrons. The number of carbonyl (C=O) groups is 2. The van der Waals surface area contributed by atoms with E-state index >= 15 is 0 Å². The second-order valence-corrected chi connectivity index (χ2v) is 6.77. The minimum absolute atomic E-state index is 0.0340. The van der Waals surface area contributed by atoms with Crippen LogP contribution in [0, 0.1) is 11.7 Å². The van der Waals surface area contributed by atoms with Crippen molar-refractivity contribution in [2.24, 2.45) is 5.92 Å². The van der Waals surface area contributed by atoms with Crippen molar-refractivity contribution in [3.63, 3.8) is 0 Å². The number of likely N-dealkylation sites (tertiary alicyclic amines) is 1. The standard InChI is InChI=1S/C18H24FN3O2/c1-20-9-11-22(12-10-20)18(24)15-7-8-16(23)21(2)17(15)13-3-5-14(19)6-4-13/h3-6,15,17H,7-12H2,1-2H3/t15-,17-/m1/s1. The van der Waals surface area contributed by atoms with Gasteiger partial charge in [0.1, 0.15) is 5.82 Å². The molecule has 0 radical (unpaired) electrons. The molecule has 0 unspecified atom stereocenters. The van der Waals surface area contributed by atoms with E-state index in [9.17, 15) is 14.0 Å². The predicted octanol–water partition coefficient (Wildman–Crippen LogP) is 1.51. The minimum atomic E-state index is -0.320. The van der Waals surface area contributed by atoms with Gasteiger partial charge in [0.25, 0.3) is 0 Å². The zero-order chi connectivity index (χ0) is 17.3. The summed E-state index contributed by atoms with van der Waals surface area (Å²) in [6.07, 6.45) is 0.939. The molecular formula is C18H24FN3O2. The van der Waals surface area contributed by atoms with E-state index in [2.05, 4.69) is 11.9 Å². The molecule has 6 heteroatoms. The van der Waals surface area contributed by atoms with Gasteiger partial charge < -0.3 is 14.7 Å². The normalized spacial score (nSPS) is 25.9. The molecule has 2 amide bonds. The molecule has 0 N–H and O–H groups in total. The Morgan fingerprint density at radius 3 is 2.33 bits per heavy atom. The lowest BCUT2D eigenvalue weighted by molar-refractivity contribution is -0.147. The Hall–Kier alpha value is -1.95. The summed E-state index contributed by atoms with van der Waals surface area (Å²) in [5.74, 6) is -0.435. The molecule has 0 aliphatic carbocycles. The van der Waals surface area contributed by atoms with Crippen LogP contribution in [0.5, 0.6) is 0 Å². The highest BCUT2D eigenvalue weighted by atomic mass is 19.1. The van der Waals surface area contributed by atoms with Crippen LogP contribution in [-0.2, 0) is 9.59 Å². The lowest BCUT2D eigenvalue weighted by atomic mass is 9.83. The number of rotatable bonds is 2. The second-order valence-electron chi connectivity index (χ2n) is 6.77. The minimum Gasteiger partial charge on any atom is -0.340 e. The molecule has 0 bridgehead atoms. The first kappa shape index (κ1) is 16.9. The number of halogens is 1. The maximum absolute atomic E-state index is 13.3. The van der Waals surface area contributed by atoms with Gasteiger partial charge in [-0.15, -0.1) is 0 Å². The fourth-order valence-corrected chi connectivity index (χ4v) is 3.67. The Morgan fingerprint density at radius 2 is 1.71 bits per heavy atom. The van der Waals surface area contributed by atoms with Crippen LogP contribution in [0.25, 0.3) is 0 Å². The van der Waals surface area contributed by atoms with E-state index in [4.69, 9.17) is 0 Å². The summed E-state index contributed by atoms with van der Waals surface area (Å²) in [6.45, 7) is 3.18.